The molecular weight excluding hydrogens is 380 g/mol. The van der Waals surface area contributed by atoms with Crippen LogP contribution >= 0.6 is 11.8 Å². The number of benzene rings is 2. The summed E-state index contributed by atoms with van der Waals surface area (Å²) in [6.07, 6.45) is 0.958. The number of nitro benzene ring substituents is 1. The number of nitrogens with one attached hydrogen (secondary N) is 1. The Kier molecular flexibility index (Phi) is 7.69. The lowest BCUT2D eigenvalue weighted by Crippen LogP contribution is -2.13. The number of carbonyl (C=O) groups is 1. The Hall–Kier alpha value is -2.74. The smallest absolute Gasteiger partial charge is 0.283 e. The topological polar surface area (TPSA) is 90.7 Å². The second-order valence-electron chi connectivity index (χ2n) is 6.49. The molecule has 0 radical (unpaired) electrons. The number of ether oxygens (including phenoxy) is 2. The van der Waals surface area contributed by atoms with Crippen molar-refractivity contribution in [1.82, 2.24) is 0 Å². The molecule has 0 aliphatic carbocycles. The van der Waals surface area contributed by atoms with E-state index in [0.717, 1.165) is 12.2 Å². The third kappa shape index (κ3) is 5.63. The lowest BCUT2D eigenvalue weighted by Gasteiger charge is -2.12. The Morgan fingerprint density at radius 3 is 2.54 bits per heavy atom. The Bertz CT molecular complexity index is 854. The van der Waals surface area contributed by atoms with Gasteiger partial charge < -0.3 is 14.8 Å². The Labute approximate surface area is 168 Å². The van der Waals surface area contributed by atoms with Crippen molar-refractivity contribution in [3.8, 4) is 11.5 Å². The van der Waals surface area contributed by atoms with Gasteiger partial charge in [0.25, 0.3) is 11.6 Å². The second kappa shape index (κ2) is 9.98. The van der Waals surface area contributed by atoms with Gasteiger partial charge in [0.05, 0.1) is 29.7 Å². The normalized spacial score (nSPS) is 10.6. The van der Waals surface area contributed by atoms with Gasteiger partial charge in [0.1, 0.15) is 11.5 Å². The van der Waals surface area contributed by atoms with Gasteiger partial charge in [0.2, 0.25) is 0 Å². The fourth-order valence-corrected chi connectivity index (χ4v) is 3.69. The van der Waals surface area contributed by atoms with Crippen LogP contribution < -0.4 is 14.8 Å². The highest BCUT2D eigenvalue weighted by atomic mass is 32.2. The lowest BCUT2D eigenvalue weighted by molar-refractivity contribution is -0.387. The first-order chi connectivity index (χ1) is 13.3. The molecule has 0 aliphatic rings. The minimum atomic E-state index is -0.464. The van der Waals surface area contributed by atoms with Crippen LogP contribution in [0.4, 0.5) is 11.4 Å². The summed E-state index contributed by atoms with van der Waals surface area (Å²) in [5.74, 6) is 1.86. The zero-order chi connectivity index (χ0) is 20.7. The fraction of sp³-hybridized carbons (Fsp3) is 0.350. The number of anilines is 1. The van der Waals surface area contributed by atoms with Crippen LogP contribution in [0.25, 0.3) is 0 Å². The first-order valence-electron chi connectivity index (χ1n) is 8.80. The molecule has 150 valence electrons. The van der Waals surface area contributed by atoms with E-state index in [9.17, 15) is 14.9 Å². The molecular formula is C20H24N2O5S. The average molecular weight is 404 g/mol. The van der Waals surface area contributed by atoms with Crippen molar-refractivity contribution in [3.63, 3.8) is 0 Å². The minimum absolute atomic E-state index is 0.0704. The fourth-order valence-electron chi connectivity index (χ4n) is 2.43. The van der Waals surface area contributed by atoms with Crippen LogP contribution in [0.1, 0.15) is 30.6 Å². The first kappa shape index (κ1) is 21.6. The summed E-state index contributed by atoms with van der Waals surface area (Å²) in [6.45, 7) is 4.21. The van der Waals surface area contributed by atoms with E-state index in [0.29, 0.717) is 28.0 Å². The molecule has 0 atom stereocenters. The number of carbonyl (C=O) groups excluding carboxylic acids is 1. The van der Waals surface area contributed by atoms with Crippen molar-refractivity contribution in [2.24, 2.45) is 5.92 Å². The molecule has 0 heterocycles. The molecule has 0 saturated carbocycles. The highest BCUT2D eigenvalue weighted by Crippen LogP contribution is 2.33. The molecule has 0 saturated heterocycles. The highest BCUT2D eigenvalue weighted by molar-refractivity contribution is 7.99. The molecule has 0 bridgehead atoms. The molecule has 1 N–H and O–H groups in total. The van der Waals surface area contributed by atoms with E-state index in [1.807, 2.05) is 0 Å². The molecule has 0 fully saturated rings. The van der Waals surface area contributed by atoms with Gasteiger partial charge in [-0.05, 0) is 42.4 Å². The van der Waals surface area contributed by atoms with Crippen LogP contribution in [-0.4, -0.2) is 30.8 Å². The predicted molar refractivity (Wildman–Crippen MR) is 111 cm³/mol. The quantitative estimate of drug-likeness (QED) is 0.359. The largest absolute Gasteiger partial charge is 0.497 e. The van der Waals surface area contributed by atoms with Crippen molar-refractivity contribution < 1.29 is 19.2 Å². The number of hydrogen-bond donors (Lipinski definition) is 1. The van der Waals surface area contributed by atoms with Crippen LogP contribution in [-0.2, 0) is 0 Å². The molecule has 8 heteroatoms. The molecule has 2 aromatic rings. The first-order valence-corrected chi connectivity index (χ1v) is 9.79. The van der Waals surface area contributed by atoms with Crippen LogP contribution in [0.2, 0.25) is 0 Å². The van der Waals surface area contributed by atoms with Gasteiger partial charge in [-0.25, -0.2) is 0 Å². The van der Waals surface area contributed by atoms with Crippen molar-refractivity contribution >= 4 is 29.0 Å². The average Bonchev–Trinajstić information content (AvgIpc) is 2.67. The van der Waals surface area contributed by atoms with E-state index in [1.165, 1.54) is 32.0 Å². The van der Waals surface area contributed by atoms with E-state index in [2.05, 4.69) is 19.2 Å². The number of thioether (sulfide) groups is 1. The molecule has 0 aliphatic heterocycles. The summed E-state index contributed by atoms with van der Waals surface area (Å²) in [7, 11) is 3.01. The van der Waals surface area contributed by atoms with Gasteiger partial charge in [0.15, 0.2) is 0 Å². The van der Waals surface area contributed by atoms with Crippen molar-refractivity contribution in [1.29, 1.82) is 0 Å². The van der Waals surface area contributed by atoms with E-state index in [1.54, 1.807) is 30.3 Å². The van der Waals surface area contributed by atoms with Crippen LogP contribution in [0.5, 0.6) is 11.5 Å². The number of nitro groups is 1. The van der Waals surface area contributed by atoms with E-state index < -0.39 is 10.8 Å². The van der Waals surface area contributed by atoms with Gasteiger partial charge >= 0.3 is 0 Å². The van der Waals surface area contributed by atoms with Gasteiger partial charge in [-0.1, -0.05) is 13.8 Å². The van der Waals surface area contributed by atoms with Gasteiger partial charge in [-0.15, -0.1) is 11.8 Å². The summed E-state index contributed by atoms with van der Waals surface area (Å²) in [6, 6.07) is 9.53. The maximum Gasteiger partial charge on any atom is 0.283 e. The molecule has 1 amide bonds. The Morgan fingerprint density at radius 2 is 1.93 bits per heavy atom. The van der Waals surface area contributed by atoms with Gasteiger partial charge in [-0.3, -0.25) is 14.9 Å². The summed E-state index contributed by atoms with van der Waals surface area (Å²) < 4.78 is 10.4. The maximum atomic E-state index is 12.6. The Balaban J connectivity index is 2.24. The van der Waals surface area contributed by atoms with Crippen LogP contribution in [0.15, 0.2) is 41.3 Å². The maximum absolute atomic E-state index is 12.6. The van der Waals surface area contributed by atoms with Gasteiger partial charge in [-0.2, -0.15) is 0 Å². The highest BCUT2D eigenvalue weighted by Gasteiger charge is 2.19. The third-order valence-electron chi connectivity index (χ3n) is 4.03. The minimum Gasteiger partial charge on any atom is -0.497 e. The number of methoxy groups -OCH3 is 2. The van der Waals surface area contributed by atoms with E-state index >= 15 is 0 Å². The lowest BCUT2D eigenvalue weighted by atomic mass is 10.1. The number of rotatable bonds is 9. The number of amides is 1. The third-order valence-corrected chi connectivity index (χ3v) is 5.12. The molecule has 0 unspecified atom stereocenters. The standard InChI is InChI=1S/C20H24N2O5S/c1-13(2)9-10-28-19-8-5-14(11-17(19)22(24)25)20(23)21-16-12-15(26-3)6-7-18(16)27-4/h5-8,11-13H,9-10H2,1-4H3,(H,21,23). The summed E-state index contributed by atoms with van der Waals surface area (Å²) in [5, 5.41) is 14.2. The van der Waals surface area contributed by atoms with Gasteiger partial charge in [0, 0.05) is 17.7 Å². The summed E-state index contributed by atoms with van der Waals surface area (Å²) >= 11 is 1.43. The SMILES string of the molecule is COc1ccc(OC)c(NC(=O)c2ccc(SCCC(C)C)c([N+](=O)[O-])c2)c1. The summed E-state index contributed by atoms with van der Waals surface area (Å²) in [4.78, 5) is 24.2. The summed E-state index contributed by atoms with van der Waals surface area (Å²) in [5.41, 5.74) is 0.550. The zero-order valence-corrected chi connectivity index (χ0v) is 17.2. The zero-order valence-electron chi connectivity index (χ0n) is 16.4. The van der Waals surface area contributed by atoms with Crippen molar-refractivity contribution in [3.05, 3.63) is 52.1 Å². The predicted octanol–water partition coefficient (Wildman–Crippen LogP) is 5.00. The van der Waals surface area contributed by atoms with Crippen LogP contribution in [0, 0.1) is 16.0 Å². The molecule has 2 aromatic carbocycles. The number of hydrogen-bond acceptors (Lipinski definition) is 6. The second-order valence-corrected chi connectivity index (χ2v) is 7.63. The van der Waals surface area contributed by atoms with E-state index in [-0.39, 0.29) is 11.3 Å². The molecule has 0 aromatic heterocycles. The van der Waals surface area contributed by atoms with Crippen LogP contribution in [0.3, 0.4) is 0 Å². The Morgan fingerprint density at radius 1 is 1.18 bits per heavy atom. The monoisotopic (exact) mass is 404 g/mol. The molecule has 7 nitrogen and oxygen atoms in total. The number of nitrogens with zero attached hydrogens (tertiary/aromatic N) is 1. The molecule has 2 rings (SSSR count). The van der Waals surface area contributed by atoms with Crippen molar-refractivity contribution in [2.45, 2.75) is 25.2 Å². The van der Waals surface area contributed by atoms with Crippen molar-refractivity contribution in [2.75, 3.05) is 25.3 Å². The van der Waals surface area contributed by atoms with E-state index in [4.69, 9.17) is 9.47 Å². The molecule has 28 heavy (non-hydrogen) atoms. The molecule has 0 spiro atoms.